The van der Waals surface area contributed by atoms with Gasteiger partial charge in [0, 0.05) is 4.43 Å². The van der Waals surface area contributed by atoms with Crippen molar-refractivity contribution in [2.45, 2.75) is 64.6 Å². The summed E-state index contributed by atoms with van der Waals surface area (Å²) < 4.78 is 7.44. The zero-order chi connectivity index (χ0) is 10.6. The fourth-order valence-electron chi connectivity index (χ4n) is 2.01. The lowest BCUT2D eigenvalue weighted by Gasteiger charge is -2.39. The van der Waals surface area contributed by atoms with Crippen LogP contribution in [-0.2, 0) is 4.74 Å². The van der Waals surface area contributed by atoms with E-state index in [1.807, 2.05) is 0 Å². The molecule has 1 unspecified atom stereocenters. The number of hydrogen-bond donors (Lipinski definition) is 0. The Morgan fingerprint density at radius 3 is 2.14 bits per heavy atom. The van der Waals surface area contributed by atoms with Crippen molar-refractivity contribution in [1.29, 1.82) is 0 Å². The molecule has 0 spiro atoms. The average Bonchev–Trinajstić information content (AvgIpc) is 2.19. The highest BCUT2D eigenvalue weighted by molar-refractivity contribution is 14.1. The summed E-state index contributed by atoms with van der Waals surface area (Å²) in [6.45, 7) is 6.70. The summed E-state index contributed by atoms with van der Waals surface area (Å²) in [6.07, 6.45) is 7.06. The van der Waals surface area contributed by atoms with Crippen LogP contribution in [0.3, 0.4) is 0 Å². The molecule has 0 saturated heterocycles. The molecule has 1 aliphatic carbocycles. The number of ether oxygens (including phenoxy) is 1. The predicted octanol–water partition coefficient (Wildman–Crippen LogP) is 4.19. The maximum atomic E-state index is 6.28. The van der Waals surface area contributed by atoms with Crippen molar-refractivity contribution in [1.82, 2.24) is 0 Å². The molecular formula is C12H23IO. The quantitative estimate of drug-likeness (QED) is 0.559. The summed E-state index contributed by atoms with van der Waals surface area (Å²) in [7, 11) is 0. The van der Waals surface area contributed by atoms with E-state index in [9.17, 15) is 0 Å². The minimum atomic E-state index is 0.211. The molecule has 0 amide bonds. The summed E-state index contributed by atoms with van der Waals surface area (Å²) in [5.74, 6) is 0.636. The molecule has 14 heavy (non-hydrogen) atoms. The van der Waals surface area contributed by atoms with Crippen molar-refractivity contribution in [3.8, 4) is 0 Å². The Morgan fingerprint density at radius 1 is 1.14 bits per heavy atom. The van der Waals surface area contributed by atoms with Crippen molar-refractivity contribution in [2.75, 3.05) is 4.43 Å². The number of hydrogen-bond acceptors (Lipinski definition) is 1. The highest BCUT2D eigenvalue weighted by atomic mass is 127. The largest absolute Gasteiger partial charge is 0.371 e. The Kier molecular flexibility index (Phi) is 5.18. The van der Waals surface area contributed by atoms with Crippen molar-refractivity contribution >= 4 is 22.6 Å². The van der Waals surface area contributed by atoms with Gasteiger partial charge in [0.2, 0.25) is 0 Å². The Morgan fingerprint density at radius 2 is 1.71 bits per heavy atom. The molecule has 1 aliphatic rings. The topological polar surface area (TPSA) is 9.23 Å². The Labute approximate surface area is 102 Å². The predicted molar refractivity (Wildman–Crippen MR) is 70.1 cm³/mol. The molecule has 1 fully saturated rings. The van der Waals surface area contributed by atoms with Crippen LogP contribution in [-0.4, -0.2) is 16.1 Å². The van der Waals surface area contributed by atoms with Crippen LogP contribution in [0.15, 0.2) is 0 Å². The van der Waals surface area contributed by atoms with Gasteiger partial charge in [0.05, 0.1) is 11.7 Å². The summed E-state index contributed by atoms with van der Waals surface area (Å²) in [6, 6.07) is 0. The number of halogens is 1. The van der Waals surface area contributed by atoms with Gasteiger partial charge in [0.15, 0.2) is 0 Å². The highest BCUT2D eigenvalue weighted by Gasteiger charge is 2.33. The SMILES string of the molecule is CC(C)C(C)OC1(CI)CCCCC1. The Hall–Kier alpha value is 0.690. The third-order valence-corrected chi connectivity index (χ3v) is 4.77. The summed E-state index contributed by atoms with van der Waals surface area (Å²) in [5, 5.41) is 0. The molecule has 0 radical (unpaired) electrons. The molecule has 0 aliphatic heterocycles. The standard InChI is InChI=1S/C12H23IO/c1-10(2)11(3)14-12(9-13)7-5-4-6-8-12/h10-11H,4-9H2,1-3H3. The van der Waals surface area contributed by atoms with Crippen molar-refractivity contribution < 1.29 is 4.74 Å². The third-order valence-electron chi connectivity index (χ3n) is 3.38. The summed E-state index contributed by atoms with van der Waals surface area (Å²) in [5.41, 5.74) is 0.211. The van der Waals surface area contributed by atoms with E-state index >= 15 is 0 Å². The molecule has 84 valence electrons. The molecule has 2 heteroatoms. The van der Waals surface area contributed by atoms with Gasteiger partial charge in [-0.25, -0.2) is 0 Å². The van der Waals surface area contributed by atoms with E-state index < -0.39 is 0 Å². The first-order valence-corrected chi connectivity index (χ1v) is 7.36. The number of rotatable bonds is 4. The third kappa shape index (κ3) is 3.37. The van der Waals surface area contributed by atoms with E-state index in [1.54, 1.807) is 0 Å². The maximum absolute atomic E-state index is 6.28. The molecular weight excluding hydrogens is 287 g/mol. The van der Waals surface area contributed by atoms with Crippen LogP contribution in [0.4, 0.5) is 0 Å². The Balaban J connectivity index is 2.51. The molecule has 0 aromatic rings. The molecule has 1 atom stereocenters. The van der Waals surface area contributed by atoms with Crippen LogP contribution in [0.2, 0.25) is 0 Å². The first kappa shape index (κ1) is 12.8. The van der Waals surface area contributed by atoms with Crippen LogP contribution in [0.25, 0.3) is 0 Å². The van der Waals surface area contributed by atoms with Gasteiger partial charge in [-0.1, -0.05) is 55.7 Å². The van der Waals surface area contributed by atoms with Crippen molar-refractivity contribution in [3.63, 3.8) is 0 Å². The first-order chi connectivity index (χ1) is 6.59. The lowest BCUT2D eigenvalue weighted by molar-refractivity contribution is -0.105. The molecule has 1 rings (SSSR count). The lowest BCUT2D eigenvalue weighted by Crippen LogP contribution is -2.40. The Bertz CT molecular complexity index is 162. The second-order valence-corrected chi connectivity index (χ2v) is 5.71. The van der Waals surface area contributed by atoms with Crippen LogP contribution < -0.4 is 0 Å². The molecule has 0 bridgehead atoms. The zero-order valence-corrected chi connectivity index (χ0v) is 11.8. The molecule has 0 aromatic carbocycles. The van der Waals surface area contributed by atoms with E-state index in [0.29, 0.717) is 12.0 Å². The highest BCUT2D eigenvalue weighted by Crippen LogP contribution is 2.35. The van der Waals surface area contributed by atoms with Gasteiger partial charge in [-0.15, -0.1) is 0 Å². The smallest absolute Gasteiger partial charge is 0.0775 e. The van der Waals surface area contributed by atoms with Crippen LogP contribution in [0.5, 0.6) is 0 Å². The van der Waals surface area contributed by atoms with Crippen LogP contribution in [0, 0.1) is 5.92 Å². The first-order valence-electron chi connectivity index (χ1n) is 5.83. The fraction of sp³-hybridized carbons (Fsp3) is 1.00. The van der Waals surface area contributed by atoms with E-state index in [0.717, 1.165) is 4.43 Å². The van der Waals surface area contributed by atoms with Gasteiger partial charge < -0.3 is 4.74 Å². The normalized spacial score (nSPS) is 23.8. The molecule has 0 heterocycles. The fourth-order valence-corrected chi connectivity index (χ4v) is 2.95. The van der Waals surface area contributed by atoms with E-state index in [-0.39, 0.29) is 5.60 Å². The average molecular weight is 310 g/mol. The minimum absolute atomic E-state index is 0.211. The molecule has 1 nitrogen and oxygen atoms in total. The van der Waals surface area contributed by atoms with Crippen molar-refractivity contribution in [3.05, 3.63) is 0 Å². The maximum Gasteiger partial charge on any atom is 0.0775 e. The van der Waals surface area contributed by atoms with Gasteiger partial charge in [-0.3, -0.25) is 0 Å². The summed E-state index contributed by atoms with van der Waals surface area (Å²) in [4.78, 5) is 0. The van der Waals surface area contributed by atoms with Gasteiger partial charge in [-0.2, -0.15) is 0 Å². The van der Waals surface area contributed by atoms with E-state index in [4.69, 9.17) is 4.74 Å². The van der Waals surface area contributed by atoms with Gasteiger partial charge in [-0.05, 0) is 25.7 Å². The summed E-state index contributed by atoms with van der Waals surface area (Å²) >= 11 is 2.49. The molecule has 1 saturated carbocycles. The number of alkyl halides is 1. The van der Waals surface area contributed by atoms with Gasteiger partial charge in [0.1, 0.15) is 0 Å². The van der Waals surface area contributed by atoms with Crippen LogP contribution in [0.1, 0.15) is 52.9 Å². The zero-order valence-electron chi connectivity index (χ0n) is 9.68. The van der Waals surface area contributed by atoms with Gasteiger partial charge in [0.25, 0.3) is 0 Å². The second-order valence-electron chi connectivity index (χ2n) is 4.94. The monoisotopic (exact) mass is 310 g/mol. The van der Waals surface area contributed by atoms with Crippen LogP contribution >= 0.6 is 22.6 Å². The molecule has 0 N–H and O–H groups in total. The molecule has 0 aromatic heterocycles. The van der Waals surface area contributed by atoms with Crippen molar-refractivity contribution in [2.24, 2.45) is 5.92 Å². The van der Waals surface area contributed by atoms with E-state index in [1.165, 1.54) is 32.1 Å². The minimum Gasteiger partial charge on any atom is -0.371 e. The van der Waals surface area contributed by atoms with Gasteiger partial charge >= 0.3 is 0 Å². The lowest BCUT2D eigenvalue weighted by atomic mass is 9.86. The van der Waals surface area contributed by atoms with E-state index in [2.05, 4.69) is 43.4 Å². The second kappa shape index (κ2) is 5.69.